The third-order valence-electron chi connectivity index (χ3n) is 4.19. The van der Waals surface area contributed by atoms with Crippen molar-refractivity contribution < 1.29 is 4.79 Å². The Morgan fingerprint density at radius 1 is 1.68 bits per heavy atom. The maximum Gasteiger partial charge on any atom is 0.147 e. The van der Waals surface area contributed by atoms with Crippen LogP contribution in [0.4, 0.5) is 5.69 Å². The minimum Gasteiger partial charge on any atom is -0.367 e. The molecule has 2 aliphatic rings. The Hall–Kier alpha value is -1.86. The van der Waals surface area contributed by atoms with E-state index < -0.39 is 0 Å². The normalized spacial score (nSPS) is 30.1. The van der Waals surface area contributed by atoms with Gasteiger partial charge in [-0.3, -0.25) is 14.7 Å². The Morgan fingerprint density at radius 3 is 3.16 bits per heavy atom. The quantitative estimate of drug-likeness (QED) is 0.815. The van der Waals surface area contributed by atoms with Crippen LogP contribution < -0.4 is 5.32 Å². The summed E-state index contributed by atoms with van der Waals surface area (Å²) < 4.78 is 0. The maximum absolute atomic E-state index is 11.9. The first kappa shape index (κ1) is 12.2. The number of rotatable bonds is 2. The van der Waals surface area contributed by atoms with Crippen molar-refractivity contribution in [2.75, 3.05) is 5.32 Å². The molecule has 0 spiro atoms. The number of likely N-dealkylation sites (tertiary alicyclic amines) is 1. The van der Waals surface area contributed by atoms with Crippen LogP contribution in [0.25, 0.3) is 0 Å². The van der Waals surface area contributed by atoms with Crippen molar-refractivity contribution in [1.29, 1.82) is 0 Å². The number of nitrogens with zero attached hydrogens (tertiary/aromatic N) is 2. The van der Waals surface area contributed by atoms with Gasteiger partial charge in [-0.25, -0.2) is 0 Å². The largest absolute Gasteiger partial charge is 0.367 e. The van der Waals surface area contributed by atoms with Crippen LogP contribution in [-0.4, -0.2) is 33.9 Å². The fourth-order valence-corrected chi connectivity index (χ4v) is 3.30. The van der Waals surface area contributed by atoms with Gasteiger partial charge < -0.3 is 5.32 Å². The average molecular weight is 255 g/mol. The lowest BCUT2D eigenvalue weighted by molar-refractivity contribution is -0.121. The molecule has 1 aromatic rings. The summed E-state index contributed by atoms with van der Waals surface area (Å²) >= 11 is 0. The van der Waals surface area contributed by atoms with E-state index in [1.165, 1.54) is 0 Å². The van der Waals surface area contributed by atoms with Crippen LogP contribution in [0.2, 0.25) is 0 Å². The molecule has 3 heterocycles. The summed E-state index contributed by atoms with van der Waals surface area (Å²) in [7, 11) is 0. The molecule has 2 aliphatic heterocycles. The van der Waals surface area contributed by atoms with Gasteiger partial charge in [0.2, 0.25) is 0 Å². The molecule has 1 aromatic heterocycles. The van der Waals surface area contributed by atoms with Gasteiger partial charge in [0.05, 0.1) is 29.6 Å². The number of hydrogen-bond donors (Lipinski definition) is 1. The summed E-state index contributed by atoms with van der Waals surface area (Å²) in [5, 5.41) is 3.46. The lowest BCUT2D eigenvalue weighted by atomic mass is 10.00. The molecule has 1 saturated heterocycles. The number of ketones is 1. The van der Waals surface area contributed by atoms with E-state index in [-0.39, 0.29) is 30.0 Å². The summed E-state index contributed by atoms with van der Waals surface area (Å²) in [5.41, 5.74) is 2.12. The smallest absolute Gasteiger partial charge is 0.147 e. The van der Waals surface area contributed by atoms with Gasteiger partial charge in [-0.05, 0) is 32.4 Å². The zero-order valence-corrected chi connectivity index (χ0v) is 11.1. The third kappa shape index (κ3) is 1.73. The average Bonchev–Trinajstić information content (AvgIpc) is 2.93. The molecule has 1 fully saturated rings. The number of carbonyl (C=O) groups excluding carboxylic acids is 1. The number of pyridine rings is 1. The van der Waals surface area contributed by atoms with Gasteiger partial charge in [-0.1, -0.05) is 5.92 Å². The van der Waals surface area contributed by atoms with E-state index in [2.05, 4.69) is 21.1 Å². The van der Waals surface area contributed by atoms with Crippen LogP contribution in [0.15, 0.2) is 18.3 Å². The van der Waals surface area contributed by atoms with Crippen molar-refractivity contribution in [2.24, 2.45) is 0 Å². The molecule has 0 aliphatic carbocycles. The maximum atomic E-state index is 11.9. The molecule has 98 valence electrons. The molecule has 4 unspecified atom stereocenters. The van der Waals surface area contributed by atoms with Crippen molar-refractivity contribution >= 4 is 11.5 Å². The molecular weight excluding hydrogens is 238 g/mol. The van der Waals surface area contributed by atoms with Gasteiger partial charge in [0.1, 0.15) is 5.78 Å². The molecule has 0 radical (unpaired) electrons. The van der Waals surface area contributed by atoms with E-state index in [1.807, 2.05) is 19.1 Å². The Kier molecular flexibility index (Phi) is 2.79. The van der Waals surface area contributed by atoms with Crippen molar-refractivity contribution in [2.45, 2.75) is 44.4 Å². The monoisotopic (exact) mass is 255 g/mol. The van der Waals surface area contributed by atoms with Crippen LogP contribution in [0, 0.1) is 12.3 Å². The van der Waals surface area contributed by atoms with Crippen LogP contribution in [0.3, 0.4) is 0 Å². The minimum absolute atomic E-state index is 0.0642. The Labute approximate surface area is 113 Å². The number of Topliss-reactive ketones (excluding diaryl/α,β-unsaturated/α-hetero) is 1. The molecule has 0 amide bonds. The summed E-state index contributed by atoms with van der Waals surface area (Å²) in [6.07, 6.45) is 8.24. The zero-order chi connectivity index (χ0) is 13.6. The molecule has 4 atom stereocenters. The number of aromatic nitrogens is 1. The van der Waals surface area contributed by atoms with E-state index in [0.29, 0.717) is 0 Å². The highest BCUT2D eigenvalue weighted by molar-refractivity contribution is 5.82. The molecular formula is C15H17N3O. The Balaban J connectivity index is 1.98. The van der Waals surface area contributed by atoms with E-state index in [4.69, 9.17) is 6.42 Å². The van der Waals surface area contributed by atoms with Crippen molar-refractivity contribution in [3.63, 3.8) is 0 Å². The first-order valence-corrected chi connectivity index (χ1v) is 6.59. The summed E-state index contributed by atoms with van der Waals surface area (Å²) in [5.74, 6) is 3.17. The van der Waals surface area contributed by atoms with E-state index in [9.17, 15) is 4.79 Å². The predicted molar refractivity (Wildman–Crippen MR) is 73.6 cm³/mol. The first-order chi connectivity index (χ1) is 9.13. The molecule has 0 aromatic carbocycles. The van der Waals surface area contributed by atoms with Gasteiger partial charge in [-0.2, -0.15) is 0 Å². The second kappa shape index (κ2) is 4.36. The SMILES string of the molecule is C#CC(C)N1C(C(C)=O)CC2c3ncccc3NC21. The number of nitrogens with one attached hydrogen (secondary N) is 1. The zero-order valence-electron chi connectivity index (χ0n) is 11.1. The summed E-state index contributed by atoms with van der Waals surface area (Å²) in [6, 6.07) is 3.78. The van der Waals surface area contributed by atoms with Gasteiger partial charge in [0.25, 0.3) is 0 Å². The fourth-order valence-electron chi connectivity index (χ4n) is 3.30. The number of fused-ring (bicyclic) bond motifs is 3. The number of terminal acetylenes is 1. The van der Waals surface area contributed by atoms with Gasteiger partial charge >= 0.3 is 0 Å². The Bertz CT molecular complexity index is 563. The van der Waals surface area contributed by atoms with E-state index in [0.717, 1.165) is 17.8 Å². The summed E-state index contributed by atoms with van der Waals surface area (Å²) in [4.78, 5) is 18.4. The summed E-state index contributed by atoms with van der Waals surface area (Å²) in [6.45, 7) is 3.61. The topological polar surface area (TPSA) is 45.2 Å². The van der Waals surface area contributed by atoms with Gasteiger partial charge in [0.15, 0.2) is 0 Å². The van der Waals surface area contributed by atoms with Crippen molar-refractivity contribution in [3.05, 3.63) is 24.0 Å². The molecule has 19 heavy (non-hydrogen) atoms. The predicted octanol–water partition coefficient (Wildman–Crippen LogP) is 1.60. The second-order valence-corrected chi connectivity index (χ2v) is 5.28. The number of carbonyl (C=O) groups is 1. The number of anilines is 1. The minimum atomic E-state index is -0.108. The second-order valence-electron chi connectivity index (χ2n) is 5.28. The third-order valence-corrected chi connectivity index (χ3v) is 4.19. The van der Waals surface area contributed by atoms with Crippen LogP contribution in [0.1, 0.15) is 31.9 Å². The molecule has 0 bridgehead atoms. The lowest BCUT2D eigenvalue weighted by Gasteiger charge is -2.31. The highest BCUT2D eigenvalue weighted by atomic mass is 16.1. The van der Waals surface area contributed by atoms with Gasteiger partial charge in [0, 0.05) is 12.1 Å². The first-order valence-electron chi connectivity index (χ1n) is 6.59. The van der Waals surface area contributed by atoms with Gasteiger partial charge in [-0.15, -0.1) is 6.42 Å². The molecule has 0 saturated carbocycles. The van der Waals surface area contributed by atoms with Crippen LogP contribution >= 0.6 is 0 Å². The highest BCUT2D eigenvalue weighted by Gasteiger charge is 2.49. The van der Waals surface area contributed by atoms with Crippen LogP contribution in [0.5, 0.6) is 0 Å². The van der Waals surface area contributed by atoms with Crippen molar-refractivity contribution in [3.8, 4) is 12.3 Å². The molecule has 4 nitrogen and oxygen atoms in total. The van der Waals surface area contributed by atoms with E-state index >= 15 is 0 Å². The highest BCUT2D eigenvalue weighted by Crippen LogP contribution is 2.45. The number of hydrogen-bond acceptors (Lipinski definition) is 4. The molecule has 4 heteroatoms. The lowest BCUT2D eigenvalue weighted by Crippen LogP contribution is -2.47. The van der Waals surface area contributed by atoms with Crippen LogP contribution in [-0.2, 0) is 4.79 Å². The van der Waals surface area contributed by atoms with Crippen molar-refractivity contribution in [1.82, 2.24) is 9.88 Å². The fraction of sp³-hybridized carbons (Fsp3) is 0.467. The Morgan fingerprint density at radius 2 is 2.47 bits per heavy atom. The molecule has 3 rings (SSSR count). The van der Waals surface area contributed by atoms with E-state index in [1.54, 1.807) is 13.1 Å². The molecule has 1 N–H and O–H groups in total. The standard InChI is InChI=1S/C15H17N3O/c1-4-9(2)18-13(10(3)19)8-11-14-12(17-15(11)18)6-5-7-16-14/h1,5-7,9,11,13,15,17H,8H2,2-3H3.